The summed E-state index contributed by atoms with van der Waals surface area (Å²) in [5, 5.41) is 14.1. The first kappa shape index (κ1) is 41.1. The van der Waals surface area contributed by atoms with Gasteiger partial charge < -0.3 is 26.4 Å². The van der Waals surface area contributed by atoms with Crippen molar-refractivity contribution in [3.63, 3.8) is 0 Å². The number of fused-ring (bicyclic) bond motifs is 1. The van der Waals surface area contributed by atoms with Crippen LogP contribution in [0.4, 0.5) is 20.4 Å². The van der Waals surface area contributed by atoms with Gasteiger partial charge in [-0.15, -0.1) is 0 Å². The Morgan fingerprint density at radius 3 is 1.93 bits per heavy atom. The van der Waals surface area contributed by atoms with Crippen LogP contribution in [0, 0.1) is 11.8 Å². The highest BCUT2D eigenvalue weighted by atomic mass is 32.2. The summed E-state index contributed by atoms with van der Waals surface area (Å²) in [5.41, 5.74) is 6.71. The summed E-state index contributed by atoms with van der Waals surface area (Å²) in [6, 6.07) is -2.10. The number of carbonyl (C=O) groups excluding carboxylic acids is 1. The van der Waals surface area contributed by atoms with Gasteiger partial charge in [0.15, 0.2) is 5.82 Å². The molecular weight excluding hydrogens is 727 g/mol. The van der Waals surface area contributed by atoms with Crippen LogP contribution in [-0.4, -0.2) is 122 Å². The Morgan fingerprint density at radius 2 is 1.33 bits per heavy atom. The molecule has 5 fully saturated rings. The molecule has 312 valence electrons. The van der Waals surface area contributed by atoms with Crippen molar-refractivity contribution in [3.8, 4) is 0 Å². The number of alkyl halides is 2. The summed E-state index contributed by atoms with van der Waals surface area (Å²) in [6.45, 7) is 2.68. The second-order valence-electron chi connectivity index (χ2n) is 17.5. The highest BCUT2D eigenvalue weighted by Gasteiger charge is 2.48. The lowest BCUT2D eigenvalue weighted by Gasteiger charge is -2.49. The average Bonchev–Trinajstić information content (AvgIpc) is 3.59. The number of piperidine rings is 1. The molecule has 6 unspecified atom stereocenters. The Labute approximate surface area is 327 Å². The van der Waals surface area contributed by atoms with Crippen LogP contribution in [0.1, 0.15) is 138 Å². The van der Waals surface area contributed by atoms with Crippen molar-refractivity contribution in [1.82, 2.24) is 29.6 Å². The minimum atomic E-state index is -3.50. The van der Waals surface area contributed by atoms with Gasteiger partial charge in [-0.2, -0.15) is 9.40 Å². The number of hydrogen-bond donors (Lipinski definition) is 4. The molecule has 0 spiro atoms. The minimum Gasteiger partial charge on any atom is -0.381 e. The molecule has 1 amide bonds. The molecule has 55 heavy (non-hydrogen) atoms. The quantitative estimate of drug-likeness (QED) is 0.279. The zero-order valence-electron chi connectivity index (χ0n) is 33.0. The van der Waals surface area contributed by atoms with E-state index in [1.807, 2.05) is 0 Å². The van der Waals surface area contributed by atoms with Gasteiger partial charge in [0.05, 0.1) is 23.4 Å². The van der Waals surface area contributed by atoms with Crippen molar-refractivity contribution in [1.29, 1.82) is 0 Å². The van der Waals surface area contributed by atoms with Crippen molar-refractivity contribution in [2.45, 2.75) is 164 Å². The van der Waals surface area contributed by atoms with E-state index < -0.39 is 51.6 Å². The molecule has 6 aliphatic rings. The molecule has 4 aliphatic heterocycles. The number of nitrogens with one attached hydrogen (secondary N) is 3. The van der Waals surface area contributed by atoms with Gasteiger partial charge in [0.2, 0.25) is 10.0 Å². The molecule has 5 N–H and O–H groups in total. The van der Waals surface area contributed by atoms with E-state index in [-0.39, 0.29) is 48.9 Å². The third kappa shape index (κ3) is 9.47. The zero-order chi connectivity index (χ0) is 38.4. The van der Waals surface area contributed by atoms with Gasteiger partial charge >= 0.3 is 0 Å². The van der Waals surface area contributed by atoms with Crippen LogP contribution in [0.3, 0.4) is 0 Å². The van der Waals surface area contributed by atoms with E-state index >= 15 is 8.78 Å². The number of anilines is 2. The second kappa shape index (κ2) is 19.1. The van der Waals surface area contributed by atoms with E-state index in [4.69, 9.17) is 10.5 Å². The first-order chi connectivity index (χ1) is 26.7. The van der Waals surface area contributed by atoms with Crippen LogP contribution in [0.2, 0.25) is 0 Å². The van der Waals surface area contributed by atoms with Crippen LogP contribution < -0.4 is 21.7 Å². The molecule has 12 nitrogen and oxygen atoms in total. The number of carbonyl (C=O) groups is 1. The molecule has 0 radical (unpaired) electrons. The number of rotatable bonds is 7. The summed E-state index contributed by atoms with van der Waals surface area (Å²) in [5.74, 6) is 0.341. The topological polar surface area (TPSA) is 147 Å². The molecule has 1 aromatic rings. The second-order valence-corrected chi connectivity index (χ2v) is 19.7. The van der Waals surface area contributed by atoms with E-state index in [2.05, 4.69) is 25.9 Å². The fourth-order valence-electron chi connectivity index (χ4n) is 10.9. The summed E-state index contributed by atoms with van der Waals surface area (Å²) in [7, 11) is -3.50. The third-order valence-electron chi connectivity index (χ3n) is 13.9. The SMILES string of the molecule is Nc1nn2c(c1C(=O)NC1CNC(C3CCCCCCCC3)C(F)C1N1CCN(S(=O)(=O)C3CCOCC3)CC1)NCC(F)C2C1CCCCCCCCC1. The Balaban J connectivity index is 1.10. The molecule has 0 aromatic carbocycles. The maximum absolute atomic E-state index is 17.4. The average molecular weight is 795 g/mol. The van der Waals surface area contributed by atoms with Crippen LogP contribution in [-0.2, 0) is 14.8 Å². The molecule has 5 heterocycles. The van der Waals surface area contributed by atoms with E-state index in [1.54, 1.807) is 8.99 Å². The van der Waals surface area contributed by atoms with Gasteiger partial charge in [0.25, 0.3) is 5.91 Å². The van der Waals surface area contributed by atoms with Crippen LogP contribution in [0.15, 0.2) is 0 Å². The van der Waals surface area contributed by atoms with Crippen molar-refractivity contribution in [2.24, 2.45) is 11.8 Å². The Morgan fingerprint density at radius 1 is 0.764 bits per heavy atom. The van der Waals surface area contributed by atoms with E-state index in [0.29, 0.717) is 51.5 Å². The van der Waals surface area contributed by atoms with E-state index in [0.717, 1.165) is 64.2 Å². The smallest absolute Gasteiger partial charge is 0.259 e. The first-order valence-electron chi connectivity index (χ1n) is 22.0. The Kier molecular flexibility index (Phi) is 14.3. The number of amides is 1. The number of nitrogen functional groups attached to an aromatic ring is 1. The molecular formula is C40H68F2N8O4S. The summed E-state index contributed by atoms with van der Waals surface area (Å²) in [4.78, 5) is 16.4. The standard InChI is InChI=1S/C40H68F2N8O4S/c41-31-26-45-39-33(38(43)47-50(39)36(31)29-16-12-8-2-1-3-9-13-17-29)40(51)46-32-27-44-35(28-14-10-6-4-5-7-11-15-28)34(42)37(32)48-20-22-49(23-21-48)55(52,53)30-18-24-54-25-19-30/h28-32,34-37,44-45H,1-27H2,(H2,43,47)(H,46,51). The zero-order valence-corrected chi connectivity index (χ0v) is 33.8. The maximum atomic E-state index is 17.4. The molecule has 2 aliphatic carbocycles. The van der Waals surface area contributed by atoms with E-state index in [9.17, 15) is 13.2 Å². The minimum absolute atomic E-state index is 0.0477. The molecule has 7 rings (SSSR count). The fraction of sp³-hybridized carbons (Fsp3) is 0.900. The molecule has 3 saturated heterocycles. The predicted molar refractivity (Wildman–Crippen MR) is 212 cm³/mol. The number of aromatic nitrogens is 2. The van der Waals surface area contributed by atoms with Crippen molar-refractivity contribution >= 4 is 27.6 Å². The number of hydrogen-bond acceptors (Lipinski definition) is 9. The molecule has 1 aromatic heterocycles. The van der Waals surface area contributed by atoms with Gasteiger partial charge in [0, 0.05) is 58.5 Å². The van der Waals surface area contributed by atoms with Crippen LogP contribution in [0.25, 0.3) is 0 Å². The summed E-state index contributed by atoms with van der Waals surface area (Å²) >= 11 is 0. The highest BCUT2D eigenvalue weighted by molar-refractivity contribution is 7.89. The fourth-order valence-corrected chi connectivity index (χ4v) is 12.7. The molecule has 0 bridgehead atoms. The van der Waals surface area contributed by atoms with Gasteiger partial charge in [0.1, 0.15) is 23.7 Å². The van der Waals surface area contributed by atoms with Crippen molar-refractivity contribution < 1.29 is 26.7 Å². The number of nitrogens with zero attached hydrogens (tertiary/aromatic N) is 4. The first-order valence-corrected chi connectivity index (χ1v) is 23.5. The highest BCUT2D eigenvalue weighted by Crippen LogP contribution is 2.41. The number of halogens is 2. The third-order valence-corrected chi connectivity index (χ3v) is 16.3. The lowest BCUT2D eigenvalue weighted by Crippen LogP contribution is -2.71. The summed E-state index contributed by atoms with van der Waals surface area (Å²) < 4.78 is 69.0. The van der Waals surface area contributed by atoms with Crippen LogP contribution >= 0.6 is 0 Å². The number of nitrogens with two attached hydrogens (primary N) is 1. The molecule has 15 heteroatoms. The Bertz CT molecular complexity index is 1480. The number of ether oxygens (including phenoxy) is 1. The predicted octanol–water partition coefficient (Wildman–Crippen LogP) is 5.56. The lowest BCUT2D eigenvalue weighted by molar-refractivity contribution is 0.00127. The summed E-state index contributed by atoms with van der Waals surface area (Å²) in [6.07, 6.45) is 17.4. The van der Waals surface area contributed by atoms with Gasteiger partial charge in [-0.3, -0.25) is 9.69 Å². The van der Waals surface area contributed by atoms with Crippen molar-refractivity contribution in [2.75, 3.05) is 63.5 Å². The Hall–Kier alpha value is -2.07. The monoisotopic (exact) mass is 795 g/mol. The number of piperazine rings is 1. The van der Waals surface area contributed by atoms with Gasteiger partial charge in [-0.05, 0) is 50.4 Å². The lowest BCUT2D eigenvalue weighted by atomic mass is 9.80. The molecule has 2 saturated carbocycles. The van der Waals surface area contributed by atoms with E-state index in [1.165, 1.54) is 44.9 Å². The van der Waals surface area contributed by atoms with Gasteiger partial charge in [-0.1, -0.05) is 83.5 Å². The van der Waals surface area contributed by atoms with Crippen LogP contribution in [0.5, 0.6) is 0 Å². The van der Waals surface area contributed by atoms with Gasteiger partial charge in [-0.25, -0.2) is 21.9 Å². The maximum Gasteiger partial charge on any atom is 0.259 e. The van der Waals surface area contributed by atoms with Crippen molar-refractivity contribution in [3.05, 3.63) is 5.56 Å². The number of sulfonamides is 1. The largest absolute Gasteiger partial charge is 0.381 e. The normalized spacial score (nSPS) is 32.7. The molecule has 6 atom stereocenters.